The Labute approximate surface area is 399 Å². The summed E-state index contributed by atoms with van der Waals surface area (Å²) < 4.78 is 60.8. The maximum absolute atomic E-state index is 12.6. The quantitative estimate of drug-likeness (QED) is 0.0414. The summed E-state index contributed by atoms with van der Waals surface area (Å²) in [6, 6.07) is 0. The number of unbranched alkanes of at least 4 members (excludes halogenated alkanes) is 14. The molecule has 1 saturated heterocycles. The van der Waals surface area contributed by atoms with Crippen molar-refractivity contribution in [3.63, 3.8) is 0 Å². The van der Waals surface area contributed by atoms with Gasteiger partial charge < -0.3 is 74.1 Å². The maximum atomic E-state index is 12.6. The molecule has 68 heavy (non-hydrogen) atoms. The molecule has 390 valence electrons. The topological polar surface area (TPSA) is 395 Å². The number of ether oxygens (including phenoxy) is 1. The SMILES string of the molecule is CC(C)(COP(=O)([O-])OP(=O)([O-])OC[C@H]1O[C@@H](n2cnc3c(N)ncnc32)[C@H](O)[C@@H]1OP(=O)([O-])[O-])[C@@H](O)C(=O)NCCC(=O)NCCSC(=O)CCCCCCCCCCCCCCCCCO. The van der Waals surface area contributed by atoms with Gasteiger partial charge in [-0.25, -0.2) is 19.3 Å². The Morgan fingerprint density at radius 3 is 2.01 bits per heavy atom. The summed E-state index contributed by atoms with van der Waals surface area (Å²) >= 11 is 1.14. The van der Waals surface area contributed by atoms with E-state index in [1.165, 1.54) is 71.6 Å². The fourth-order valence-electron chi connectivity index (χ4n) is 7.02. The van der Waals surface area contributed by atoms with Gasteiger partial charge in [0, 0.05) is 43.7 Å². The number of hydrogen-bond donors (Lipinski definition) is 6. The number of amides is 2. The van der Waals surface area contributed by atoms with Crippen molar-refractivity contribution in [1.82, 2.24) is 30.2 Å². The number of thioether (sulfide) groups is 1. The van der Waals surface area contributed by atoms with Crippen molar-refractivity contribution in [2.75, 3.05) is 44.4 Å². The second-order valence-corrected chi connectivity index (χ2v) is 22.2. The number of carbonyl (C=O) groups is 3. The van der Waals surface area contributed by atoms with E-state index in [2.05, 4.69) is 43.5 Å². The van der Waals surface area contributed by atoms with Gasteiger partial charge in [0.15, 0.2) is 22.8 Å². The molecule has 2 aromatic rings. The maximum Gasteiger partial charge on any atom is 0.274 e. The van der Waals surface area contributed by atoms with Crippen LogP contribution in [-0.4, -0.2) is 115 Å². The molecule has 2 aromatic heterocycles. The number of nitrogens with one attached hydrogen (secondary N) is 2. The number of aromatic nitrogens is 4. The summed E-state index contributed by atoms with van der Waals surface area (Å²) in [5.41, 5.74) is 4.09. The van der Waals surface area contributed by atoms with Gasteiger partial charge in [0.05, 0.1) is 27.4 Å². The third-order valence-corrected chi connectivity index (χ3v) is 14.7. The van der Waals surface area contributed by atoms with Gasteiger partial charge in [0.1, 0.15) is 36.3 Å². The zero-order valence-corrected chi connectivity index (χ0v) is 41.9. The van der Waals surface area contributed by atoms with Crippen molar-refractivity contribution in [3.8, 4) is 0 Å². The highest BCUT2D eigenvalue weighted by atomic mass is 32.2. The van der Waals surface area contributed by atoms with Gasteiger partial charge in [-0.2, -0.15) is 0 Å². The zero-order chi connectivity index (χ0) is 50.4. The molecule has 2 amide bonds. The molecule has 0 bridgehead atoms. The van der Waals surface area contributed by atoms with E-state index in [4.69, 9.17) is 15.6 Å². The van der Waals surface area contributed by atoms with Crippen LogP contribution < -0.4 is 35.9 Å². The second-order valence-electron chi connectivity index (χ2n) is 17.0. The molecule has 0 saturated carbocycles. The number of imidazole rings is 1. The highest BCUT2D eigenvalue weighted by Crippen LogP contribution is 2.56. The molecule has 0 spiro atoms. The first-order chi connectivity index (χ1) is 32.1. The number of carbonyl (C=O) groups excluding carboxylic acids is 3. The molecule has 0 aliphatic carbocycles. The molecule has 0 radical (unpaired) electrons. The standard InChI is InChI=1S/C39H70N7O18P3S/c1-39(2,34(51)37(52)42-20-19-29(48)41-21-23-68-30(49)18-16-14-12-10-8-6-4-3-5-7-9-11-13-15-17-22-47)25-61-67(58,59)64-66(56,57)60-24-28-33(63-65(53,54)55)32(50)38(62-28)46-27-45-31-35(40)43-26-44-36(31)46/h26-28,32-34,38,47,50-51H,3-25H2,1-2H3,(H,41,48)(H,42,52)(H,56,57)(H,58,59)(H2,40,43,44)(H2,53,54,55)/p-4/t28-,32-,33-,34+,38-/m1/s1. The van der Waals surface area contributed by atoms with Gasteiger partial charge in [-0.3, -0.25) is 28.1 Å². The number of aliphatic hydroxyl groups is 3. The van der Waals surface area contributed by atoms with Crippen molar-refractivity contribution in [2.24, 2.45) is 5.41 Å². The van der Waals surface area contributed by atoms with Crippen LogP contribution in [0.2, 0.25) is 0 Å². The fourth-order valence-corrected chi connectivity index (χ4v) is 10.5. The Hall–Kier alpha value is -2.48. The largest absolute Gasteiger partial charge is 0.790 e. The van der Waals surface area contributed by atoms with E-state index >= 15 is 0 Å². The molecule has 1 fully saturated rings. The number of hydrogen-bond acceptors (Lipinski definition) is 23. The molecular formula is C39H66N7O18P3S-4. The summed E-state index contributed by atoms with van der Waals surface area (Å²) in [4.78, 5) is 96.9. The zero-order valence-electron chi connectivity index (χ0n) is 38.4. The van der Waals surface area contributed by atoms with Crippen LogP contribution in [0.5, 0.6) is 0 Å². The number of fused-ring (bicyclic) bond motifs is 1. The normalized spacial score (nSPS) is 20.0. The van der Waals surface area contributed by atoms with Crippen molar-refractivity contribution in [2.45, 2.75) is 154 Å². The predicted molar refractivity (Wildman–Crippen MR) is 239 cm³/mol. The number of phosphoric acid groups is 3. The first kappa shape index (κ1) is 59.8. The van der Waals surface area contributed by atoms with Gasteiger partial charge in [-0.15, -0.1) is 0 Å². The lowest BCUT2D eigenvalue weighted by Gasteiger charge is -2.36. The number of aliphatic hydroxyl groups excluding tert-OH is 3. The lowest BCUT2D eigenvalue weighted by molar-refractivity contribution is -0.347. The van der Waals surface area contributed by atoms with Crippen LogP contribution in [0.4, 0.5) is 5.82 Å². The minimum Gasteiger partial charge on any atom is -0.790 e. The first-order valence-corrected chi connectivity index (χ1v) is 28.0. The third kappa shape index (κ3) is 22.3. The molecule has 1 aliphatic heterocycles. The molecule has 0 aromatic carbocycles. The van der Waals surface area contributed by atoms with E-state index in [0.29, 0.717) is 12.2 Å². The van der Waals surface area contributed by atoms with Gasteiger partial charge in [-0.1, -0.05) is 109 Å². The van der Waals surface area contributed by atoms with Crippen LogP contribution in [0.15, 0.2) is 12.7 Å². The van der Waals surface area contributed by atoms with E-state index in [1.807, 2.05) is 0 Å². The van der Waals surface area contributed by atoms with Crippen LogP contribution in [0, 0.1) is 5.41 Å². The minimum absolute atomic E-state index is 0.0200. The molecule has 7 atom stereocenters. The molecule has 7 N–H and O–H groups in total. The van der Waals surface area contributed by atoms with Crippen LogP contribution in [0.3, 0.4) is 0 Å². The monoisotopic (exact) mass is 1050 g/mol. The van der Waals surface area contributed by atoms with Crippen LogP contribution in [-0.2, 0) is 50.7 Å². The lowest BCUT2D eigenvalue weighted by atomic mass is 9.87. The molecule has 1 aliphatic rings. The summed E-state index contributed by atoms with van der Waals surface area (Å²) in [6.45, 7) is 0.446. The smallest absolute Gasteiger partial charge is 0.274 e. The van der Waals surface area contributed by atoms with E-state index in [9.17, 15) is 57.9 Å². The third-order valence-electron chi connectivity index (χ3n) is 10.8. The number of nitrogen functional groups attached to an aromatic ring is 1. The van der Waals surface area contributed by atoms with Crippen molar-refractivity contribution < 1.29 is 85.6 Å². The Kier molecular flexibility index (Phi) is 26.2. The Morgan fingerprint density at radius 1 is 0.853 bits per heavy atom. The Morgan fingerprint density at radius 2 is 1.43 bits per heavy atom. The average Bonchev–Trinajstić information content (AvgIpc) is 3.83. The van der Waals surface area contributed by atoms with E-state index in [-0.39, 0.29) is 48.2 Å². The summed E-state index contributed by atoms with van der Waals surface area (Å²) in [7, 11) is -17.6. The summed E-state index contributed by atoms with van der Waals surface area (Å²) in [5, 5.41) is 35.3. The number of nitrogens with zero attached hydrogens (tertiary/aromatic N) is 4. The minimum atomic E-state index is -5.92. The Balaban J connectivity index is 1.28. The Bertz CT molecular complexity index is 2010. The molecule has 2 unspecified atom stereocenters. The van der Waals surface area contributed by atoms with Crippen molar-refractivity contribution in [1.29, 1.82) is 0 Å². The lowest BCUT2D eigenvalue weighted by Crippen LogP contribution is -2.46. The molecule has 3 heterocycles. The molecule has 25 nitrogen and oxygen atoms in total. The van der Waals surface area contributed by atoms with Crippen LogP contribution in [0.25, 0.3) is 11.2 Å². The van der Waals surface area contributed by atoms with Crippen LogP contribution >= 0.6 is 35.2 Å². The van der Waals surface area contributed by atoms with Gasteiger partial charge >= 0.3 is 0 Å². The van der Waals surface area contributed by atoms with Gasteiger partial charge in [0.25, 0.3) is 15.6 Å². The van der Waals surface area contributed by atoms with E-state index in [0.717, 1.165) is 67.5 Å². The van der Waals surface area contributed by atoms with Gasteiger partial charge in [-0.05, 0) is 12.8 Å². The van der Waals surface area contributed by atoms with Gasteiger partial charge in [0.2, 0.25) is 11.8 Å². The highest BCUT2D eigenvalue weighted by molar-refractivity contribution is 8.13. The van der Waals surface area contributed by atoms with E-state index < -0.39 is 84.6 Å². The fraction of sp³-hybridized carbons (Fsp3) is 0.795. The summed E-state index contributed by atoms with van der Waals surface area (Å²) in [5.74, 6) is -1.15. The number of anilines is 1. The second kappa shape index (κ2) is 29.8. The predicted octanol–water partition coefficient (Wildman–Crippen LogP) is 1.37. The highest BCUT2D eigenvalue weighted by Gasteiger charge is 2.47. The molecule has 3 rings (SSSR count). The average molecular weight is 1050 g/mol. The van der Waals surface area contributed by atoms with Crippen molar-refractivity contribution in [3.05, 3.63) is 12.7 Å². The van der Waals surface area contributed by atoms with Crippen LogP contribution in [0.1, 0.15) is 129 Å². The number of nitrogens with two attached hydrogens (primary N) is 1. The number of rotatable bonds is 36. The summed E-state index contributed by atoms with van der Waals surface area (Å²) in [6.07, 6.45) is 10.3. The molecular weight excluding hydrogens is 979 g/mol. The molecule has 29 heteroatoms. The van der Waals surface area contributed by atoms with E-state index in [1.54, 1.807) is 0 Å². The first-order valence-electron chi connectivity index (χ1n) is 22.6. The number of phosphoric ester groups is 3. The van der Waals surface area contributed by atoms with Crippen molar-refractivity contribution >= 4 is 69.1 Å².